The van der Waals surface area contributed by atoms with E-state index in [1.165, 1.54) is 30.7 Å². The number of pyridine rings is 1. The summed E-state index contributed by atoms with van der Waals surface area (Å²) in [7, 11) is 1.26. The summed E-state index contributed by atoms with van der Waals surface area (Å²) < 4.78 is 20.8. The standard InChI is InChI=1S/C23H18Cl2N2O7S/c1-11-14(5-12-3-4-16-17(6-12)34-10-33-16)19(23(30)31-2)21(35-11)27-18(28)9-32-22(29)13-7-15(24)20(25)26-8-13/h3-4,6-8H,5,9-10H2,1-2H3,(H,27,28). The molecule has 1 aromatic carbocycles. The van der Waals surface area contributed by atoms with Crippen molar-refractivity contribution in [3.8, 4) is 11.5 Å². The number of carbonyl (C=O) groups excluding carboxylic acids is 3. The highest BCUT2D eigenvalue weighted by molar-refractivity contribution is 7.16. The van der Waals surface area contributed by atoms with Crippen molar-refractivity contribution in [2.45, 2.75) is 13.3 Å². The van der Waals surface area contributed by atoms with Gasteiger partial charge in [0.05, 0.1) is 23.3 Å². The summed E-state index contributed by atoms with van der Waals surface area (Å²) in [6, 6.07) is 6.81. The van der Waals surface area contributed by atoms with Crippen molar-refractivity contribution >= 4 is 57.4 Å². The van der Waals surface area contributed by atoms with Crippen molar-refractivity contribution in [3.05, 3.63) is 67.8 Å². The molecule has 0 atom stereocenters. The van der Waals surface area contributed by atoms with Crippen molar-refractivity contribution in [2.24, 2.45) is 0 Å². The summed E-state index contributed by atoms with van der Waals surface area (Å²) in [6.45, 7) is 1.41. The molecule has 0 fully saturated rings. The molecule has 1 aliphatic heterocycles. The molecule has 3 heterocycles. The highest BCUT2D eigenvalue weighted by atomic mass is 35.5. The van der Waals surface area contributed by atoms with Gasteiger partial charge in [-0.05, 0) is 42.7 Å². The Balaban J connectivity index is 1.49. The second-order valence-corrected chi connectivity index (χ2v) is 9.31. The number of nitrogens with one attached hydrogen (secondary N) is 1. The summed E-state index contributed by atoms with van der Waals surface area (Å²) in [4.78, 5) is 41.9. The number of halogens is 2. The maximum Gasteiger partial charge on any atom is 0.341 e. The summed E-state index contributed by atoms with van der Waals surface area (Å²) in [5.74, 6) is -0.748. The molecule has 0 saturated heterocycles. The normalized spacial score (nSPS) is 11.8. The Morgan fingerprint density at radius 2 is 1.91 bits per heavy atom. The number of nitrogens with zero attached hydrogens (tertiary/aromatic N) is 1. The SMILES string of the molecule is COC(=O)c1c(NC(=O)COC(=O)c2cnc(Cl)c(Cl)c2)sc(C)c1Cc1ccc2c(c1)OCO2. The zero-order valence-corrected chi connectivity index (χ0v) is 20.8. The molecule has 1 N–H and O–H groups in total. The van der Waals surface area contributed by atoms with E-state index in [4.69, 9.17) is 42.1 Å². The molecule has 1 amide bonds. The number of hydrogen-bond acceptors (Lipinski definition) is 9. The average Bonchev–Trinajstić information content (AvgIpc) is 3.42. The van der Waals surface area contributed by atoms with Gasteiger partial charge < -0.3 is 24.3 Å². The number of carbonyl (C=O) groups is 3. The van der Waals surface area contributed by atoms with Crippen LogP contribution in [-0.2, 0) is 20.7 Å². The van der Waals surface area contributed by atoms with Crippen LogP contribution in [0.15, 0.2) is 30.5 Å². The first-order chi connectivity index (χ1) is 16.8. The zero-order chi connectivity index (χ0) is 25.1. The second-order valence-electron chi connectivity index (χ2n) is 7.32. The number of anilines is 1. The minimum atomic E-state index is -0.801. The van der Waals surface area contributed by atoms with Crippen molar-refractivity contribution in [2.75, 3.05) is 25.8 Å². The molecule has 0 radical (unpaired) electrons. The number of amides is 1. The van der Waals surface area contributed by atoms with Crippen LogP contribution < -0.4 is 14.8 Å². The lowest BCUT2D eigenvalue weighted by Gasteiger charge is -2.09. The van der Waals surface area contributed by atoms with Crippen LogP contribution in [0.1, 0.15) is 36.7 Å². The first kappa shape index (κ1) is 24.8. The third kappa shape index (κ3) is 5.50. The summed E-state index contributed by atoms with van der Waals surface area (Å²) in [5, 5.41) is 3.05. The van der Waals surface area contributed by atoms with Crippen molar-refractivity contribution in [3.63, 3.8) is 0 Å². The van der Waals surface area contributed by atoms with E-state index in [0.29, 0.717) is 28.5 Å². The predicted octanol–water partition coefficient (Wildman–Crippen LogP) is 4.66. The van der Waals surface area contributed by atoms with E-state index in [-0.39, 0.29) is 28.1 Å². The molecule has 0 saturated carbocycles. The zero-order valence-electron chi connectivity index (χ0n) is 18.5. The van der Waals surface area contributed by atoms with Gasteiger partial charge in [0.25, 0.3) is 5.91 Å². The molecule has 4 rings (SSSR count). The number of hydrogen-bond donors (Lipinski definition) is 1. The number of aromatic nitrogens is 1. The molecule has 182 valence electrons. The van der Waals surface area contributed by atoms with Crippen LogP contribution in [0, 0.1) is 6.92 Å². The molecule has 35 heavy (non-hydrogen) atoms. The number of benzene rings is 1. The fourth-order valence-electron chi connectivity index (χ4n) is 3.36. The van der Waals surface area contributed by atoms with Gasteiger partial charge in [-0.15, -0.1) is 11.3 Å². The van der Waals surface area contributed by atoms with Crippen LogP contribution >= 0.6 is 34.5 Å². The van der Waals surface area contributed by atoms with Gasteiger partial charge in [-0.2, -0.15) is 0 Å². The molecule has 12 heteroatoms. The highest BCUT2D eigenvalue weighted by Crippen LogP contribution is 2.37. The molecule has 9 nitrogen and oxygen atoms in total. The Hall–Kier alpha value is -3.34. The molecule has 0 aliphatic carbocycles. The number of aryl methyl sites for hydroxylation is 1. The Kier molecular flexibility index (Phi) is 7.44. The lowest BCUT2D eigenvalue weighted by atomic mass is 10.0. The Bertz CT molecular complexity index is 1330. The summed E-state index contributed by atoms with van der Waals surface area (Å²) in [6.07, 6.45) is 1.59. The number of thiophene rings is 1. The van der Waals surface area contributed by atoms with Crippen molar-refractivity contribution in [1.29, 1.82) is 0 Å². The van der Waals surface area contributed by atoms with Gasteiger partial charge in [-0.1, -0.05) is 29.3 Å². The van der Waals surface area contributed by atoms with Crippen LogP contribution in [-0.4, -0.2) is 43.3 Å². The number of fused-ring (bicyclic) bond motifs is 1. The number of methoxy groups -OCH3 is 1. The van der Waals surface area contributed by atoms with Gasteiger partial charge >= 0.3 is 11.9 Å². The Morgan fingerprint density at radius 3 is 2.66 bits per heavy atom. The quantitative estimate of drug-likeness (QED) is 0.342. The minimum absolute atomic E-state index is 0.0421. The van der Waals surface area contributed by atoms with Gasteiger partial charge in [-0.25, -0.2) is 14.6 Å². The predicted molar refractivity (Wildman–Crippen MR) is 129 cm³/mol. The largest absolute Gasteiger partial charge is 0.465 e. The first-order valence-corrected chi connectivity index (χ1v) is 11.7. The lowest BCUT2D eigenvalue weighted by molar-refractivity contribution is -0.119. The van der Waals surface area contributed by atoms with Crippen LogP contribution in [0.25, 0.3) is 0 Å². The average molecular weight is 537 g/mol. The molecule has 0 bridgehead atoms. The number of rotatable bonds is 7. The van der Waals surface area contributed by atoms with Crippen LogP contribution in [0.4, 0.5) is 5.00 Å². The van der Waals surface area contributed by atoms with Crippen LogP contribution in [0.2, 0.25) is 10.2 Å². The van der Waals surface area contributed by atoms with Gasteiger partial charge in [0, 0.05) is 11.1 Å². The van der Waals surface area contributed by atoms with Gasteiger partial charge in [-0.3, -0.25) is 4.79 Å². The highest BCUT2D eigenvalue weighted by Gasteiger charge is 2.25. The first-order valence-electron chi connectivity index (χ1n) is 10.1. The smallest absolute Gasteiger partial charge is 0.341 e. The van der Waals surface area contributed by atoms with Crippen LogP contribution in [0.3, 0.4) is 0 Å². The fourth-order valence-corrected chi connectivity index (χ4v) is 4.71. The van der Waals surface area contributed by atoms with E-state index in [2.05, 4.69) is 10.3 Å². The van der Waals surface area contributed by atoms with E-state index in [1.54, 1.807) is 6.07 Å². The van der Waals surface area contributed by atoms with Gasteiger partial charge in [0.2, 0.25) is 6.79 Å². The topological polar surface area (TPSA) is 113 Å². The molecule has 0 spiro atoms. The fraction of sp³-hybridized carbons (Fsp3) is 0.217. The van der Waals surface area contributed by atoms with E-state index in [9.17, 15) is 14.4 Å². The molecule has 3 aromatic rings. The molecular formula is C23H18Cl2N2O7S. The molecule has 2 aromatic heterocycles. The molecular weight excluding hydrogens is 519 g/mol. The summed E-state index contributed by atoms with van der Waals surface area (Å²) in [5.41, 5.74) is 1.87. The maximum absolute atomic E-state index is 12.6. The monoisotopic (exact) mass is 536 g/mol. The minimum Gasteiger partial charge on any atom is -0.465 e. The Morgan fingerprint density at radius 1 is 1.14 bits per heavy atom. The van der Waals surface area contributed by atoms with Gasteiger partial charge in [0.15, 0.2) is 18.1 Å². The maximum atomic E-state index is 12.6. The summed E-state index contributed by atoms with van der Waals surface area (Å²) >= 11 is 12.8. The van der Waals surface area contributed by atoms with E-state index in [1.807, 2.05) is 19.1 Å². The second kappa shape index (κ2) is 10.5. The van der Waals surface area contributed by atoms with E-state index in [0.717, 1.165) is 10.4 Å². The molecule has 1 aliphatic rings. The number of esters is 2. The van der Waals surface area contributed by atoms with Crippen LogP contribution in [0.5, 0.6) is 11.5 Å². The third-order valence-electron chi connectivity index (χ3n) is 5.04. The molecule has 0 unspecified atom stereocenters. The Labute approximate surface area is 213 Å². The van der Waals surface area contributed by atoms with E-state index >= 15 is 0 Å². The van der Waals surface area contributed by atoms with Gasteiger partial charge in [0.1, 0.15) is 10.2 Å². The van der Waals surface area contributed by atoms with E-state index < -0.39 is 24.5 Å². The third-order valence-corrected chi connectivity index (χ3v) is 6.78. The number of ether oxygens (including phenoxy) is 4. The van der Waals surface area contributed by atoms with Crippen molar-refractivity contribution < 1.29 is 33.3 Å². The van der Waals surface area contributed by atoms with Crippen molar-refractivity contribution in [1.82, 2.24) is 4.98 Å². The lowest BCUT2D eigenvalue weighted by Crippen LogP contribution is -2.22.